The molecule has 1 aliphatic heterocycles. The Bertz CT molecular complexity index is 919. The number of amides is 1. The molecule has 1 saturated heterocycles. The van der Waals surface area contributed by atoms with Gasteiger partial charge in [0.15, 0.2) is 0 Å². The van der Waals surface area contributed by atoms with Crippen LogP contribution in [0.15, 0.2) is 59.0 Å². The molecule has 0 unspecified atom stereocenters. The first-order valence-electron chi connectivity index (χ1n) is 9.30. The van der Waals surface area contributed by atoms with Crippen molar-refractivity contribution in [3.8, 4) is 0 Å². The van der Waals surface area contributed by atoms with Gasteiger partial charge in [-0.15, -0.1) is 10.2 Å². The van der Waals surface area contributed by atoms with Crippen molar-refractivity contribution in [2.45, 2.75) is 13.0 Å². The Kier molecular flexibility index (Phi) is 5.69. The minimum atomic E-state index is 0.0410. The summed E-state index contributed by atoms with van der Waals surface area (Å²) >= 11 is 5.89. The van der Waals surface area contributed by atoms with Crippen molar-refractivity contribution < 1.29 is 9.21 Å². The van der Waals surface area contributed by atoms with Gasteiger partial charge in [0.05, 0.1) is 13.0 Å². The van der Waals surface area contributed by atoms with Gasteiger partial charge in [-0.2, -0.15) is 0 Å². The van der Waals surface area contributed by atoms with Gasteiger partial charge in [0, 0.05) is 36.8 Å². The maximum atomic E-state index is 12.6. The van der Waals surface area contributed by atoms with Gasteiger partial charge in [-0.25, -0.2) is 0 Å². The summed E-state index contributed by atoms with van der Waals surface area (Å²) < 4.78 is 5.79. The fourth-order valence-corrected chi connectivity index (χ4v) is 3.40. The summed E-state index contributed by atoms with van der Waals surface area (Å²) in [6, 6.07) is 17.1. The highest BCUT2D eigenvalue weighted by Crippen LogP contribution is 2.15. The number of benzene rings is 2. The van der Waals surface area contributed by atoms with Crippen molar-refractivity contribution in [3.63, 3.8) is 0 Å². The second kappa shape index (κ2) is 8.54. The molecular formula is C21H21ClN4O2. The third kappa shape index (κ3) is 4.58. The Balaban J connectivity index is 1.29. The number of aromatic nitrogens is 2. The fourth-order valence-electron chi connectivity index (χ4n) is 3.27. The molecule has 0 saturated carbocycles. The first kappa shape index (κ1) is 18.7. The van der Waals surface area contributed by atoms with Crippen molar-refractivity contribution >= 4 is 17.5 Å². The molecule has 1 fully saturated rings. The zero-order valence-electron chi connectivity index (χ0n) is 15.4. The van der Waals surface area contributed by atoms with Gasteiger partial charge in [-0.3, -0.25) is 9.69 Å². The zero-order valence-corrected chi connectivity index (χ0v) is 16.2. The number of hydrogen-bond donors (Lipinski definition) is 0. The molecule has 0 N–H and O–H groups in total. The molecule has 1 aromatic heterocycles. The molecule has 0 bridgehead atoms. The molecule has 28 heavy (non-hydrogen) atoms. The van der Waals surface area contributed by atoms with E-state index in [2.05, 4.69) is 15.1 Å². The summed E-state index contributed by atoms with van der Waals surface area (Å²) in [4.78, 5) is 16.7. The Morgan fingerprint density at radius 1 is 0.929 bits per heavy atom. The molecule has 2 heterocycles. The molecule has 0 radical (unpaired) electrons. The molecule has 1 amide bonds. The number of carbonyl (C=O) groups is 1. The van der Waals surface area contributed by atoms with Crippen LogP contribution in [-0.2, 0) is 13.0 Å². The lowest BCUT2D eigenvalue weighted by molar-refractivity contribution is 0.0617. The van der Waals surface area contributed by atoms with Crippen molar-refractivity contribution in [2.75, 3.05) is 26.2 Å². The minimum Gasteiger partial charge on any atom is -0.424 e. The van der Waals surface area contributed by atoms with Crippen LogP contribution in [0, 0.1) is 0 Å². The topological polar surface area (TPSA) is 62.5 Å². The lowest BCUT2D eigenvalue weighted by Crippen LogP contribution is -2.48. The van der Waals surface area contributed by atoms with Crippen LogP contribution in [0.25, 0.3) is 0 Å². The molecule has 0 spiro atoms. The maximum absolute atomic E-state index is 12.6. The van der Waals surface area contributed by atoms with Crippen LogP contribution in [0.5, 0.6) is 0 Å². The van der Waals surface area contributed by atoms with Gasteiger partial charge >= 0.3 is 0 Å². The van der Waals surface area contributed by atoms with E-state index in [-0.39, 0.29) is 5.91 Å². The molecule has 1 aliphatic rings. The molecule has 0 atom stereocenters. The minimum absolute atomic E-state index is 0.0410. The first-order chi connectivity index (χ1) is 13.7. The Hall–Kier alpha value is -2.70. The Labute approximate surface area is 168 Å². The fraction of sp³-hybridized carbons (Fsp3) is 0.286. The predicted molar refractivity (Wildman–Crippen MR) is 106 cm³/mol. The summed E-state index contributed by atoms with van der Waals surface area (Å²) in [6.07, 6.45) is 0.636. The monoisotopic (exact) mass is 396 g/mol. The molecule has 4 rings (SSSR count). The SMILES string of the molecule is O=C(c1ccc(Cl)cc1)N1CCN(Cc2nnc(Cc3ccccc3)o2)CC1. The van der Waals surface area contributed by atoms with Gasteiger partial charge in [0.2, 0.25) is 11.8 Å². The van der Waals surface area contributed by atoms with Gasteiger partial charge in [0.25, 0.3) is 5.91 Å². The van der Waals surface area contributed by atoms with E-state index in [4.69, 9.17) is 16.0 Å². The lowest BCUT2D eigenvalue weighted by Gasteiger charge is -2.34. The van der Waals surface area contributed by atoms with Crippen LogP contribution in [-0.4, -0.2) is 52.1 Å². The van der Waals surface area contributed by atoms with Crippen molar-refractivity contribution in [1.29, 1.82) is 0 Å². The van der Waals surface area contributed by atoms with Crippen LogP contribution in [0.2, 0.25) is 5.02 Å². The summed E-state index contributed by atoms with van der Waals surface area (Å²) in [7, 11) is 0. The Morgan fingerprint density at radius 2 is 1.61 bits per heavy atom. The van der Waals surface area contributed by atoms with Crippen LogP contribution in [0.3, 0.4) is 0 Å². The van der Waals surface area contributed by atoms with Crippen molar-refractivity contribution in [1.82, 2.24) is 20.0 Å². The average molecular weight is 397 g/mol. The van der Waals surface area contributed by atoms with E-state index >= 15 is 0 Å². The summed E-state index contributed by atoms with van der Waals surface area (Å²) in [5.74, 6) is 1.28. The van der Waals surface area contributed by atoms with E-state index in [0.717, 1.165) is 18.7 Å². The molecule has 2 aromatic carbocycles. The second-order valence-electron chi connectivity index (χ2n) is 6.83. The number of halogens is 1. The number of nitrogens with zero attached hydrogens (tertiary/aromatic N) is 4. The van der Waals surface area contributed by atoms with E-state index in [0.29, 0.717) is 48.4 Å². The summed E-state index contributed by atoms with van der Waals surface area (Å²) in [5.41, 5.74) is 1.81. The molecule has 3 aromatic rings. The molecule has 144 valence electrons. The van der Waals surface area contributed by atoms with Crippen LogP contribution >= 0.6 is 11.6 Å². The molecule has 7 heteroatoms. The van der Waals surface area contributed by atoms with Gasteiger partial charge in [0.1, 0.15) is 0 Å². The van der Waals surface area contributed by atoms with Crippen LogP contribution in [0.1, 0.15) is 27.7 Å². The highest BCUT2D eigenvalue weighted by atomic mass is 35.5. The smallest absolute Gasteiger partial charge is 0.253 e. The highest BCUT2D eigenvalue weighted by molar-refractivity contribution is 6.30. The highest BCUT2D eigenvalue weighted by Gasteiger charge is 2.23. The quantitative estimate of drug-likeness (QED) is 0.662. The third-order valence-corrected chi connectivity index (χ3v) is 5.07. The summed E-state index contributed by atoms with van der Waals surface area (Å²) in [5, 5.41) is 8.95. The number of carbonyl (C=O) groups excluding carboxylic acids is 1. The Morgan fingerprint density at radius 3 is 2.32 bits per heavy atom. The number of hydrogen-bond acceptors (Lipinski definition) is 5. The first-order valence-corrected chi connectivity index (χ1v) is 9.67. The standard InChI is InChI=1S/C21H21ClN4O2/c22-18-8-6-17(7-9-18)21(27)26-12-10-25(11-13-26)15-20-24-23-19(28-20)14-16-4-2-1-3-5-16/h1-9H,10-15H2. The summed E-state index contributed by atoms with van der Waals surface area (Å²) in [6.45, 7) is 3.50. The number of piperazine rings is 1. The van der Waals surface area contributed by atoms with Gasteiger partial charge < -0.3 is 9.32 Å². The zero-order chi connectivity index (χ0) is 19.3. The van der Waals surface area contributed by atoms with Gasteiger partial charge in [-0.1, -0.05) is 41.9 Å². The van der Waals surface area contributed by atoms with E-state index in [1.54, 1.807) is 24.3 Å². The second-order valence-corrected chi connectivity index (χ2v) is 7.26. The van der Waals surface area contributed by atoms with Crippen molar-refractivity contribution in [3.05, 3.63) is 82.5 Å². The van der Waals surface area contributed by atoms with E-state index in [1.165, 1.54) is 0 Å². The predicted octanol–water partition coefficient (Wildman–Crippen LogP) is 3.27. The maximum Gasteiger partial charge on any atom is 0.253 e. The van der Waals surface area contributed by atoms with Crippen LogP contribution in [0.4, 0.5) is 0 Å². The average Bonchev–Trinajstić information content (AvgIpc) is 3.16. The molecular weight excluding hydrogens is 376 g/mol. The van der Waals surface area contributed by atoms with Crippen molar-refractivity contribution in [2.24, 2.45) is 0 Å². The number of rotatable bonds is 5. The van der Waals surface area contributed by atoms with Gasteiger partial charge in [-0.05, 0) is 29.8 Å². The largest absolute Gasteiger partial charge is 0.424 e. The van der Waals surface area contributed by atoms with Crippen LogP contribution < -0.4 is 0 Å². The lowest BCUT2D eigenvalue weighted by atomic mass is 10.2. The molecule has 0 aliphatic carbocycles. The third-order valence-electron chi connectivity index (χ3n) is 4.82. The van der Waals surface area contributed by atoms with E-state index in [9.17, 15) is 4.79 Å². The molecule has 6 nitrogen and oxygen atoms in total. The normalized spacial score (nSPS) is 15.0. The van der Waals surface area contributed by atoms with E-state index < -0.39 is 0 Å². The van der Waals surface area contributed by atoms with E-state index in [1.807, 2.05) is 35.2 Å².